The van der Waals surface area contributed by atoms with E-state index in [1.807, 2.05) is 44.2 Å². The molecule has 0 aliphatic heterocycles. The quantitative estimate of drug-likeness (QED) is 0.270. The van der Waals surface area contributed by atoms with Gasteiger partial charge < -0.3 is 14.7 Å². The van der Waals surface area contributed by atoms with Crippen LogP contribution in [-0.4, -0.2) is 23.4 Å². The van der Waals surface area contributed by atoms with Crippen molar-refractivity contribution < 1.29 is 9.53 Å². The summed E-state index contributed by atoms with van der Waals surface area (Å²) in [4.78, 5) is 11.7. The van der Waals surface area contributed by atoms with Crippen LogP contribution >= 0.6 is 23.2 Å². The monoisotopic (exact) mass is 457 g/mol. The Bertz CT molecular complexity index is 1070. The van der Waals surface area contributed by atoms with Crippen molar-refractivity contribution in [1.82, 2.24) is 9.99 Å². The Balaban J connectivity index is 1.70. The van der Waals surface area contributed by atoms with Crippen molar-refractivity contribution in [3.05, 3.63) is 86.7 Å². The number of nitrogens with zero attached hydrogens (tertiary/aromatic N) is 2. The van der Waals surface area contributed by atoms with E-state index in [2.05, 4.69) is 21.2 Å². The Morgan fingerprint density at radius 3 is 2.45 bits per heavy atom. The molecular weight excluding hydrogens is 433 g/mol. The van der Waals surface area contributed by atoms with Gasteiger partial charge in [0.05, 0.1) is 25.8 Å². The van der Waals surface area contributed by atoms with Crippen LogP contribution in [0.5, 0.6) is 0 Å². The summed E-state index contributed by atoms with van der Waals surface area (Å²) in [6, 6.07) is 15.4. The first-order valence-corrected chi connectivity index (χ1v) is 10.8. The van der Waals surface area contributed by atoms with E-state index in [9.17, 15) is 4.79 Å². The molecule has 1 aromatic heterocycles. The normalized spacial score (nSPS) is 11.1. The van der Waals surface area contributed by atoms with E-state index in [-0.39, 0.29) is 12.4 Å². The summed E-state index contributed by atoms with van der Waals surface area (Å²) in [5.74, 6) is -0.215. The highest BCUT2D eigenvalue weighted by atomic mass is 35.5. The van der Waals surface area contributed by atoms with Crippen molar-refractivity contribution in [2.24, 2.45) is 5.10 Å². The molecule has 162 valence electrons. The molecule has 0 radical (unpaired) electrons. The Kier molecular flexibility index (Phi) is 7.77. The third kappa shape index (κ3) is 5.69. The maximum atomic E-state index is 11.7. The number of hydrogen-bond donors (Lipinski definition) is 1. The maximum absolute atomic E-state index is 11.7. The molecule has 0 spiro atoms. The van der Waals surface area contributed by atoms with Crippen molar-refractivity contribution in [2.45, 2.75) is 33.7 Å². The van der Waals surface area contributed by atoms with Gasteiger partial charge in [-0.25, -0.2) is 0 Å². The van der Waals surface area contributed by atoms with Crippen molar-refractivity contribution in [3.8, 4) is 5.69 Å². The lowest BCUT2D eigenvalue weighted by Crippen LogP contribution is -2.08. The summed E-state index contributed by atoms with van der Waals surface area (Å²) >= 11 is 12.4. The van der Waals surface area contributed by atoms with Gasteiger partial charge in [-0.15, -0.1) is 0 Å². The molecule has 0 saturated carbocycles. The summed E-state index contributed by atoms with van der Waals surface area (Å²) in [5.41, 5.74) is 8.94. The minimum absolute atomic E-state index is 0.215. The van der Waals surface area contributed by atoms with E-state index >= 15 is 0 Å². The minimum Gasteiger partial charge on any atom is -0.466 e. The fraction of sp³-hybridized carbons (Fsp3) is 0.250. The van der Waals surface area contributed by atoms with Gasteiger partial charge in [-0.2, -0.15) is 5.10 Å². The molecule has 1 N–H and O–H groups in total. The molecule has 0 aliphatic carbocycles. The second-order valence-electron chi connectivity index (χ2n) is 7.10. The number of esters is 1. The van der Waals surface area contributed by atoms with E-state index < -0.39 is 0 Å². The van der Waals surface area contributed by atoms with Gasteiger partial charge in [0.1, 0.15) is 0 Å². The molecule has 0 fully saturated rings. The predicted octanol–water partition coefficient (Wildman–Crippen LogP) is 5.63. The van der Waals surface area contributed by atoms with E-state index in [4.69, 9.17) is 27.9 Å². The van der Waals surface area contributed by atoms with E-state index in [1.54, 1.807) is 25.3 Å². The molecule has 0 bridgehead atoms. The number of benzene rings is 2. The molecule has 0 aliphatic rings. The van der Waals surface area contributed by atoms with Crippen LogP contribution in [0.25, 0.3) is 5.69 Å². The fourth-order valence-corrected chi connectivity index (χ4v) is 3.93. The molecule has 0 saturated heterocycles. The van der Waals surface area contributed by atoms with Gasteiger partial charge in [-0.1, -0.05) is 41.4 Å². The molecule has 5 nitrogen and oxygen atoms in total. The van der Waals surface area contributed by atoms with Gasteiger partial charge in [0.2, 0.25) is 0 Å². The molecule has 0 amide bonds. The fourth-order valence-electron chi connectivity index (χ4n) is 3.40. The number of halogens is 2. The van der Waals surface area contributed by atoms with Crippen LogP contribution in [0.2, 0.25) is 10.0 Å². The number of nitrogens with one attached hydrogen (secondary N) is 1. The average Bonchev–Trinajstić information content (AvgIpc) is 3.01. The number of rotatable bonds is 8. The Morgan fingerprint density at radius 1 is 1.13 bits per heavy atom. The summed E-state index contributed by atoms with van der Waals surface area (Å²) in [6.07, 6.45) is 2.06. The van der Waals surface area contributed by atoms with Gasteiger partial charge in [-0.3, -0.25) is 4.79 Å². The van der Waals surface area contributed by atoms with Gasteiger partial charge in [0, 0.05) is 38.2 Å². The first-order chi connectivity index (χ1) is 14.9. The predicted molar refractivity (Wildman–Crippen MR) is 126 cm³/mol. The summed E-state index contributed by atoms with van der Waals surface area (Å²) in [5, 5.41) is 5.56. The van der Waals surface area contributed by atoms with E-state index in [0.29, 0.717) is 23.2 Å². The summed E-state index contributed by atoms with van der Waals surface area (Å²) < 4.78 is 7.16. The molecule has 2 aromatic carbocycles. The molecule has 0 unspecified atom stereocenters. The Hall–Kier alpha value is -2.76. The van der Waals surface area contributed by atoms with Gasteiger partial charge in [0.25, 0.3) is 0 Å². The minimum atomic E-state index is -0.215. The van der Waals surface area contributed by atoms with E-state index in [1.165, 1.54) is 0 Å². The Morgan fingerprint density at radius 2 is 1.81 bits per heavy atom. The second kappa shape index (κ2) is 10.5. The molecule has 7 heteroatoms. The smallest absolute Gasteiger partial charge is 0.310 e. The van der Waals surface area contributed by atoms with Crippen LogP contribution in [0.3, 0.4) is 0 Å². The highest BCUT2D eigenvalue weighted by Crippen LogP contribution is 2.24. The zero-order valence-electron chi connectivity index (χ0n) is 17.8. The lowest BCUT2D eigenvalue weighted by molar-refractivity contribution is -0.142. The second-order valence-corrected chi connectivity index (χ2v) is 7.92. The SMILES string of the molecule is CCOC(=O)Cc1ccc(-n2c(C)cc(/C=N\NCc3c(Cl)cccc3Cl)c2C)cc1. The van der Waals surface area contributed by atoms with Gasteiger partial charge in [-0.05, 0) is 56.7 Å². The standard InChI is InChI=1S/C24H25Cl2N3O2/c1-4-31-24(30)13-18-8-10-20(11-9-18)29-16(2)12-19(17(29)3)14-27-28-15-21-22(25)6-5-7-23(21)26/h5-12,14,28H,4,13,15H2,1-3H3/b27-14-. The number of hydrazone groups is 1. The highest BCUT2D eigenvalue weighted by Gasteiger charge is 2.11. The molecule has 3 rings (SSSR count). The molecule has 0 atom stereocenters. The largest absolute Gasteiger partial charge is 0.466 e. The van der Waals surface area contributed by atoms with E-state index in [0.717, 1.165) is 33.8 Å². The number of ether oxygens (including phenoxy) is 1. The molecule has 1 heterocycles. The number of carbonyl (C=O) groups is 1. The van der Waals surface area contributed by atoms with Crippen LogP contribution in [0.15, 0.2) is 53.6 Å². The highest BCUT2D eigenvalue weighted by molar-refractivity contribution is 6.35. The van der Waals surface area contributed by atoms with Crippen LogP contribution in [0.1, 0.15) is 35.0 Å². The number of aryl methyl sites for hydroxylation is 1. The maximum Gasteiger partial charge on any atom is 0.310 e. The zero-order valence-corrected chi connectivity index (χ0v) is 19.3. The number of carbonyl (C=O) groups excluding carboxylic acids is 1. The third-order valence-electron chi connectivity index (χ3n) is 4.93. The van der Waals surface area contributed by atoms with Crippen LogP contribution in [-0.2, 0) is 22.5 Å². The lowest BCUT2D eigenvalue weighted by Gasteiger charge is -2.10. The van der Waals surface area contributed by atoms with Crippen LogP contribution in [0.4, 0.5) is 0 Å². The van der Waals surface area contributed by atoms with Crippen LogP contribution < -0.4 is 5.43 Å². The topological polar surface area (TPSA) is 55.6 Å². The first kappa shape index (κ1) is 22.9. The lowest BCUT2D eigenvalue weighted by atomic mass is 10.1. The first-order valence-electron chi connectivity index (χ1n) is 10.0. The third-order valence-corrected chi connectivity index (χ3v) is 5.64. The van der Waals surface area contributed by atoms with Gasteiger partial charge >= 0.3 is 5.97 Å². The Labute approximate surface area is 192 Å². The molecule has 31 heavy (non-hydrogen) atoms. The average molecular weight is 458 g/mol. The van der Waals surface area contributed by atoms with Crippen molar-refractivity contribution in [3.63, 3.8) is 0 Å². The van der Waals surface area contributed by atoms with Crippen LogP contribution in [0, 0.1) is 13.8 Å². The zero-order chi connectivity index (χ0) is 22.4. The summed E-state index contributed by atoms with van der Waals surface area (Å²) in [7, 11) is 0. The molecule has 3 aromatic rings. The van der Waals surface area contributed by atoms with Crippen molar-refractivity contribution in [1.29, 1.82) is 0 Å². The van der Waals surface area contributed by atoms with Crippen molar-refractivity contribution in [2.75, 3.05) is 6.61 Å². The summed E-state index contributed by atoms with van der Waals surface area (Å²) in [6.45, 7) is 6.74. The van der Waals surface area contributed by atoms with Gasteiger partial charge in [0.15, 0.2) is 0 Å². The number of aromatic nitrogens is 1. The number of hydrogen-bond acceptors (Lipinski definition) is 4. The van der Waals surface area contributed by atoms with Crippen molar-refractivity contribution >= 4 is 35.4 Å². The molecular formula is C24H25Cl2N3O2.